The average Bonchev–Trinajstić information content (AvgIpc) is 2.89. The summed E-state index contributed by atoms with van der Waals surface area (Å²) in [6, 6.07) is 15.7. The molecule has 5 nitrogen and oxygen atoms in total. The van der Waals surface area contributed by atoms with Gasteiger partial charge in [-0.25, -0.2) is 0 Å². The molecule has 2 aliphatic rings. The lowest BCUT2D eigenvalue weighted by atomic mass is 9.90. The van der Waals surface area contributed by atoms with Crippen LogP contribution in [0.25, 0.3) is 0 Å². The lowest BCUT2D eigenvalue weighted by molar-refractivity contribution is -0.137. The molecule has 0 saturated carbocycles. The van der Waals surface area contributed by atoms with E-state index in [2.05, 4.69) is 40.4 Å². The predicted octanol–water partition coefficient (Wildman–Crippen LogP) is 5.55. The SMILES string of the molecule is O=C(CCN1CCC(Cc2ccccc2)CC1)N1CCC(=NOCc2cccc(C(F)(F)F)c2)CC1. The second-order valence-corrected chi connectivity index (χ2v) is 9.73. The quantitative estimate of drug-likeness (QED) is 0.446. The number of amides is 1. The Morgan fingerprint density at radius 3 is 2.33 bits per heavy atom. The van der Waals surface area contributed by atoms with Gasteiger partial charge >= 0.3 is 6.18 Å². The van der Waals surface area contributed by atoms with Crippen molar-refractivity contribution in [3.8, 4) is 0 Å². The number of oxime groups is 1. The van der Waals surface area contributed by atoms with E-state index in [4.69, 9.17) is 4.84 Å². The minimum Gasteiger partial charge on any atom is -0.391 e. The highest BCUT2D eigenvalue weighted by molar-refractivity contribution is 5.87. The second-order valence-electron chi connectivity index (χ2n) is 9.73. The highest BCUT2D eigenvalue weighted by Crippen LogP contribution is 2.29. The third kappa shape index (κ3) is 7.82. The summed E-state index contributed by atoms with van der Waals surface area (Å²) < 4.78 is 38.5. The van der Waals surface area contributed by atoms with Gasteiger partial charge in [0.1, 0.15) is 6.61 Å². The molecule has 2 aromatic carbocycles. The Kier molecular flexibility index (Phi) is 9.02. The van der Waals surface area contributed by atoms with Crippen LogP contribution in [0.3, 0.4) is 0 Å². The molecule has 0 atom stereocenters. The van der Waals surface area contributed by atoms with Gasteiger partial charge in [-0.2, -0.15) is 13.2 Å². The van der Waals surface area contributed by atoms with Crippen LogP contribution in [0.1, 0.15) is 48.8 Å². The van der Waals surface area contributed by atoms with Crippen molar-refractivity contribution in [1.82, 2.24) is 9.80 Å². The number of carbonyl (C=O) groups is 1. The summed E-state index contributed by atoms with van der Waals surface area (Å²) in [7, 11) is 0. The van der Waals surface area contributed by atoms with Crippen LogP contribution in [-0.4, -0.2) is 54.1 Å². The Balaban J connectivity index is 1.12. The Hall–Kier alpha value is -2.87. The molecule has 0 aliphatic carbocycles. The molecule has 2 saturated heterocycles. The van der Waals surface area contributed by atoms with E-state index in [0.717, 1.165) is 49.8 Å². The van der Waals surface area contributed by atoms with E-state index in [9.17, 15) is 18.0 Å². The molecule has 2 aromatic rings. The molecule has 4 rings (SSSR count). The van der Waals surface area contributed by atoms with Gasteiger partial charge in [-0.3, -0.25) is 4.79 Å². The van der Waals surface area contributed by atoms with Crippen LogP contribution < -0.4 is 0 Å². The number of carbonyl (C=O) groups excluding carboxylic acids is 1. The summed E-state index contributed by atoms with van der Waals surface area (Å²) in [5.74, 6) is 0.889. The number of benzene rings is 2. The van der Waals surface area contributed by atoms with Crippen molar-refractivity contribution in [2.24, 2.45) is 11.1 Å². The van der Waals surface area contributed by atoms with E-state index >= 15 is 0 Å². The standard InChI is InChI=1S/C28H34F3N3O2/c29-28(30,31)25-8-4-7-24(20-25)21-36-32-26-11-17-34(18-12-26)27(35)13-16-33-14-9-23(10-15-33)19-22-5-2-1-3-6-22/h1-8,20,23H,9-19,21H2. The van der Waals surface area contributed by atoms with Gasteiger partial charge in [0.15, 0.2) is 0 Å². The van der Waals surface area contributed by atoms with Crippen LogP contribution >= 0.6 is 0 Å². The molecule has 0 aromatic heterocycles. The molecule has 1 amide bonds. The molecule has 0 unspecified atom stereocenters. The van der Waals surface area contributed by atoms with E-state index in [1.807, 2.05) is 4.90 Å². The first-order valence-corrected chi connectivity index (χ1v) is 12.7. The molecule has 8 heteroatoms. The Labute approximate surface area is 210 Å². The summed E-state index contributed by atoms with van der Waals surface area (Å²) in [4.78, 5) is 22.3. The number of halogens is 3. The number of alkyl halides is 3. The summed E-state index contributed by atoms with van der Waals surface area (Å²) in [6.07, 6.45) is 0.884. The van der Waals surface area contributed by atoms with Gasteiger partial charge < -0.3 is 14.6 Å². The van der Waals surface area contributed by atoms with Crippen molar-refractivity contribution in [3.63, 3.8) is 0 Å². The van der Waals surface area contributed by atoms with Gasteiger partial charge in [-0.05, 0) is 61.5 Å². The van der Waals surface area contributed by atoms with Gasteiger partial charge in [0, 0.05) is 38.9 Å². The third-order valence-electron chi connectivity index (χ3n) is 7.09. The number of hydrogen-bond donors (Lipinski definition) is 0. The first-order valence-electron chi connectivity index (χ1n) is 12.7. The molecule has 0 N–H and O–H groups in total. The zero-order chi connectivity index (χ0) is 25.4. The first kappa shape index (κ1) is 26.2. The minimum absolute atomic E-state index is 0.0158. The van der Waals surface area contributed by atoms with E-state index < -0.39 is 11.7 Å². The van der Waals surface area contributed by atoms with Crippen LogP contribution in [0.15, 0.2) is 59.8 Å². The smallest absolute Gasteiger partial charge is 0.391 e. The van der Waals surface area contributed by atoms with E-state index in [1.54, 1.807) is 6.07 Å². The first-order chi connectivity index (χ1) is 17.4. The van der Waals surface area contributed by atoms with Crippen LogP contribution in [0.4, 0.5) is 13.2 Å². The summed E-state index contributed by atoms with van der Waals surface area (Å²) >= 11 is 0. The Morgan fingerprint density at radius 2 is 1.64 bits per heavy atom. The van der Waals surface area contributed by atoms with Gasteiger partial charge in [0.2, 0.25) is 5.91 Å². The van der Waals surface area contributed by atoms with E-state index in [-0.39, 0.29) is 12.5 Å². The van der Waals surface area contributed by atoms with Gasteiger partial charge in [-0.15, -0.1) is 0 Å². The van der Waals surface area contributed by atoms with E-state index in [1.165, 1.54) is 24.5 Å². The number of likely N-dealkylation sites (tertiary alicyclic amines) is 2. The third-order valence-corrected chi connectivity index (χ3v) is 7.09. The van der Waals surface area contributed by atoms with Crippen molar-refractivity contribution >= 4 is 11.6 Å². The maximum absolute atomic E-state index is 12.8. The van der Waals surface area contributed by atoms with Crippen molar-refractivity contribution < 1.29 is 22.8 Å². The van der Waals surface area contributed by atoms with Crippen molar-refractivity contribution in [2.75, 3.05) is 32.7 Å². The number of nitrogens with zero attached hydrogens (tertiary/aromatic N) is 3. The maximum atomic E-state index is 12.8. The lowest BCUT2D eigenvalue weighted by Gasteiger charge is -2.33. The summed E-state index contributed by atoms with van der Waals surface area (Å²) in [5.41, 5.74) is 1.97. The van der Waals surface area contributed by atoms with Crippen molar-refractivity contribution in [1.29, 1.82) is 0 Å². The monoisotopic (exact) mass is 501 g/mol. The molecule has 2 aliphatic heterocycles. The number of piperidine rings is 2. The minimum atomic E-state index is -4.37. The summed E-state index contributed by atoms with van der Waals surface area (Å²) in [6.45, 7) is 4.08. The van der Waals surface area contributed by atoms with Crippen LogP contribution in [0.2, 0.25) is 0 Å². The molecule has 36 heavy (non-hydrogen) atoms. The molecule has 2 fully saturated rings. The summed E-state index contributed by atoms with van der Waals surface area (Å²) in [5, 5.41) is 4.11. The predicted molar refractivity (Wildman–Crippen MR) is 133 cm³/mol. The van der Waals surface area contributed by atoms with Gasteiger partial charge in [0.25, 0.3) is 0 Å². The maximum Gasteiger partial charge on any atom is 0.416 e. The highest BCUT2D eigenvalue weighted by atomic mass is 19.4. The molecule has 194 valence electrons. The molecule has 0 bridgehead atoms. The average molecular weight is 502 g/mol. The fourth-order valence-electron chi connectivity index (χ4n) is 4.91. The second kappa shape index (κ2) is 12.4. The Morgan fingerprint density at radius 1 is 0.944 bits per heavy atom. The normalized spacial score (nSPS) is 17.8. The van der Waals surface area contributed by atoms with Crippen molar-refractivity contribution in [3.05, 3.63) is 71.3 Å². The van der Waals surface area contributed by atoms with Crippen LogP contribution in [0.5, 0.6) is 0 Å². The zero-order valence-corrected chi connectivity index (χ0v) is 20.6. The topological polar surface area (TPSA) is 45.1 Å². The number of hydrogen-bond acceptors (Lipinski definition) is 4. The molecule has 0 spiro atoms. The molecular formula is C28H34F3N3O2. The molecular weight excluding hydrogens is 467 g/mol. The lowest BCUT2D eigenvalue weighted by Crippen LogP contribution is -2.41. The van der Waals surface area contributed by atoms with Crippen LogP contribution in [-0.2, 0) is 28.8 Å². The molecule has 0 radical (unpaired) electrons. The van der Waals surface area contributed by atoms with Gasteiger partial charge in [0.05, 0.1) is 11.3 Å². The fraction of sp³-hybridized carbons (Fsp3) is 0.500. The van der Waals surface area contributed by atoms with E-state index in [0.29, 0.717) is 37.9 Å². The zero-order valence-electron chi connectivity index (χ0n) is 20.6. The largest absolute Gasteiger partial charge is 0.416 e. The van der Waals surface area contributed by atoms with Gasteiger partial charge in [-0.1, -0.05) is 47.6 Å². The van der Waals surface area contributed by atoms with Crippen molar-refractivity contribution in [2.45, 2.75) is 51.3 Å². The Bertz CT molecular complexity index is 1010. The van der Waals surface area contributed by atoms with Crippen LogP contribution in [0, 0.1) is 5.92 Å². The fourth-order valence-corrected chi connectivity index (χ4v) is 4.91. The highest BCUT2D eigenvalue weighted by Gasteiger charge is 2.30. The number of rotatable bonds is 8. The molecule has 2 heterocycles.